The summed E-state index contributed by atoms with van der Waals surface area (Å²) in [4.78, 5) is 0. The standard InChI is InChI=1S/C4H10O.BH2O2/c1-3-5-4-2;2-1-3/h3-4H2,1-2H3;2-3H. The van der Waals surface area contributed by atoms with Crippen molar-refractivity contribution < 1.29 is 14.8 Å². The largest absolute Gasteiger partial charge is 0.482 e. The number of hydrogen-bond acceptors (Lipinski definition) is 3. The molecule has 0 saturated heterocycles. The lowest BCUT2D eigenvalue weighted by molar-refractivity contribution is 0.162. The van der Waals surface area contributed by atoms with Gasteiger partial charge in [-0.1, -0.05) is 0 Å². The molecule has 0 aliphatic rings. The molecule has 49 valence electrons. The van der Waals surface area contributed by atoms with Gasteiger partial charge in [0.25, 0.3) is 0 Å². The molecule has 3 nitrogen and oxygen atoms in total. The molecule has 0 aliphatic carbocycles. The summed E-state index contributed by atoms with van der Waals surface area (Å²) in [6.45, 7) is 5.67. The zero-order valence-electron chi connectivity index (χ0n) is 5.29. The maximum absolute atomic E-state index is 7.00. The van der Waals surface area contributed by atoms with E-state index in [9.17, 15) is 0 Å². The third-order valence-electron chi connectivity index (χ3n) is 0.408. The maximum Gasteiger partial charge on any atom is 0.482 e. The zero-order chi connectivity index (χ0) is 6.83. The second-order valence-electron chi connectivity index (χ2n) is 0.897. The summed E-state index contributed by atoms with van der Waals surface area (Å²) in [6, 6.07) is 0. The summed E-state index contributed by atoms with van der Waals surface area (Å²) in [5.74, 6) is 0. The van der Waals surface area contributed by atoms with Crippen molar-refractivity contribution in [1.82, 2.24) is 0 Å². The van der Waals surface area contributed by atoms with Gasteiger partial charge in [0, 0.05) is 13.2 Å². The van der Waals surface area contributed by atoms with Gasteiger partial charge in [-0.3, -0.25) is 0 Å². The molecule has 0 heterocycles. The molecule has 0 atom stereocenters. The van der Waals surface area contributed by atoms with E-state index < -0.39 is 0 Å². The quantitative estimate of drug-likeness (QED) is 0.484. The van der Waals surface area contributed by atoms with Crippen LogP contribution in [0.3, 0.4) is 0 Å². The van der Waals surface area contributed by atoms with Gasteiger partial charge >= 0.3 is 7.69 Å². The lowest BCUT2D eigenvalue weighted by Crippen LogP contribution is -1.84. The first-order valence-corrected chi connectivity index (χ1v) is 2.51. The van der Waals surface area contributed by atoms with E-state index >= 15 is 0 Å². The van der Waals surface area contributed by atoms with Crippen molar-refractivity contribution in [2.24, 2.45) is 0 Å². The van der Waals surface area contributed by atoms with Crippen LogP contribution in [0.25, 0.3) is 0 Å². The van der Waals surface area contributed by atoms with Crippen LogP contribution in [-0.4, -0.2) is 30.9 Å². The average molecular weight is 119 g/mol. The van der Waals surface area contributed by atoms with Crippen LogP contribution in [0.5, 0.6) is 0 Å². The van der Waals surface area contributed by atoms with Crippen LogP contribution in [0.1, 0.15) is 13.8 Å². The van der Waals surface area contributed by atoms with Crippen molar-refractivity contribution in [2.75, 3.05) is 13.2 Å². The van der Waals surface area contributed by atoms with Crippen LogP contribution >= 0.6 is 0 Å². The van der Waals surface area contributed by atoms with Gasteiger partial charge in [-0.2, -0.15) is 0 Å². The van der Waals surface area contributed by atoms with Gasteiger partial charge in [-0.15, -0.1) is 0 Å². The Balaban J connectivity index is 0. The fourth-order valence-electron chi connectivity index (χ4n) is 0.204. The third-order valence-corrected chi connectivity index (χ3v) is 0.408. The monoisotopic (exact) mass is 119 g/mol. The van der Waals surface area contributed by atoms with Crippen LogP contribution in [-0.2, 0) is 4.74 Å². The van der Waals surface area contributed by atoms with E-state index in [1.54, 1.807) is 0 Å². The van der Waals surface area contributed by atoms with Crippen molar-refractivity contribution in [3.8, 4) is 0 Å². The molecule has 0 bridgehead atoms. The van der Waals surface area contributed by atoms with Crippen LogP contribution in [0.15, 0.2) is 0 Å². The lowest BCUT2D eigenvalue weighted by Gasteiger charge is -1.86. The van der Waals surface area contributed by atoms with Crippen molar-refractivity contribution in [3.63, 3.8) is 0 Å². The average Bonchev–Trinajstić information content (AvgIpc) is 1.71. The van der Waals surface area contributed by atoms with Crippen LogP contribution in [0.2, 0.25) is 0 Å². The van der Waals surface area contributed by atoms with Gasteiger partial charge < -0.3 is 14.8 Å². The van der Waals surface area contributed by atoms with E-state index in [2.05, 4.69) is 0 Å². The molecule has 0 aromatic rings. The first-order chi connectivity index (χ1) is 3.83. The Morgan fingerprint density at radius 2 is 1.50 bits per heavy atom. The Kier molecular flexibility index (Phi) is 21.4. The second-order valence-corrected chi connectivity index (χ2v) is 0.897. The molecule has 4 heteroatoms. The summed E-state index contributed by atoms with van der Waals surface area (Å²) < 4.78 is 4.83. The second kappa shape index (κ2) is 15.8. The highest BCUT2D eigenvalue weighted by atomic mass is 16.5. The van der Waals surface area contributed by atoms with E-state index in [4.69, 9.17) is 14.8 Å². The Morgan fingerprint density at radius 3 is 1.50 bits per heavy atom. The molecular weight excluding hydrogens is 107 g/mol. The zero-order valence-corrected chi connectivity index (χ0v) is 5.29. The summed E-state index contributed by atoms with van der Waals surface area (Å²) in [5, 5.41) is 14.0. The number of rotatable bonds is 2. The van der Waals surface area contributed by atoms with Crippen molar-refractivity contribution >= 4 is 7.69 Å². The minimum atomic E-state index is 0. The molecular formula is C4H12BO3. The highest BCUT2D eigenvalue weighted by Crippen LogP contribution is 1.64. The molecule has 0 amide bonds. The van der Waals surface area contributed by atoms with Crippen LogP contribution < -0.4 is 0 Å². The number of ether oxygens (including phenoxy) is 1. The lowest BCUT2D eigenvalue weighted by atomic mass is 10.5. The first kappa shape index (κ1) is 10.8. The minimum absolute atomic E-state index is 0. The SMILES string of the molecule is CCOCC.O[B]O. The Bertz CT molecular complexity index is 25.2. The fourth-order valence-corrected chi connectivity index (χ4v) is 0.204. The normalized spacial score (nSPS) is 7.00. The van der Waals surface area contributed by atoms with E-state index in [0.29, 0.717) is 0 Å². The maximum atomic E-state index is 7.00. The molecule has 0 fully saturated rings. The van der Waals surface area contributed by atoms with Gasteiger partial charge in [-0.25, -0.2) is 0 Å². The molecule has 0 saturated carbocycles. The summed E-state index contributed by atoms with van der Waals surface area (Å²) in [7, 11) is 0. The summed E-state index contributed by atoms with van der Waals surface area (Å²) in [5.41, 5.74) is 0. The molecule has 1 radical (unpaired) electrons. The summed E-state index contributed by atoms with van der Waals surface area (Å²) >= 11 is 0. The molecule has 2 N–H and O–H groups in total. The Morgan fingerprint density at radius 1 is 1.25 bits per heavy atom. The van der Waals surface area contributed by atoms with Crippen LogP contribution in [0, 0.1) is 0 Å². The molecule has 0 unspecified atom stereocenters. The molecule has 0 aliphatic heterocycles. The molecule has 0 aromatic heterocycles. The minimum Gasteiger partial charge on any atom is -0.429 e. The predicted octanol–water partition coefficient (Wildman–Crippen LogP) is -0.452. The fraction of sp³-hybridized carbons (Fsp3) is 1.00. The van der Waals surface area contributed by atoms with E-state index in [0.717, 1.165) is 13.2 Å². The topological polar surface area (TPSA) is 49.7 Å². The molecule has 0 spiro atoms. The van der Waals surface area contributed by atoms with Crippen molar-refractivity contribution in [1.29, 1.82) is 0 Å². The number of hydrogen-bond donors (Lipinski definition) is 2. The third kappa shape index (κ3) is 38.4. The highest BCUT2D eigenvalue weighted by Gasteiger charge is 1.64. The Hall–Kier alpha value is -0.0551. The van der Waals surface area contributed by atoms with E-state index in [-0.39, 0.29) is 7.69 Å². The van der Waals surface area contributed by atoms with Gasteiger partial charge in [-0.05, 0) is 13.8 Å². The van der Waals surface area contributed by atoms with Crippen LogP contribution in [0.4, 0.5) is 0 Å². The van der Waals surface area contributed by atoms with Crippen molar-refractivity contribution in [2.45, 2.75) is 13.8 Å². The predicted molar refractivity (Wildman–Crippen MR) is 32.4 cm³/mol. The molecule has 8 heavy (non-hydrogen) atoms. The van der Waals surface area contributed by atoms with E-state index in [1.165, 1.54) is 0 Å². The Labute approximate surface area is 50.6 Å². The van der Waals surface area contributed by atoms with Gasteiger partial charge in [0.1, 0.15) is 0 Å². The smallest absolute Gasteiger partial charge is 0.429 e. The van der Waals surface area contributed by atoms with Gasteiger partial charge in [0.15, 0.2) is 0 Å². The molecule has 0 rings (SSSR count). The van der Waals surface area contributed by atoms with Gasteiger partial charge in [0.05, 0.1) is 0 Å². The highest BCUT2D eigenvalue weighted by molar-refractivity contribution is 6.13. The van der Waals surface area contributed by atoms with Crippen molar-refractivity contribution in [3.05, 3.63) is 0 Å². The van der Waals surface area contributed by atoms with E-state index in [1.807, 2.05) is 13.8 Å². The summed E-state index contributed by atoms with van der Waals surface area (Å²) in [6.07, 6.45) is 0. The first-order valence-electron chi connectivity index (χ1n) is 2.51. The van der Waals surface area contributed by atoms with Gasteiger partial charge in [0.2, 0.25) is 0 Å². The molecule has 0 aromatic carbocycles.